The third-order valence-electron chi connectivity index (χ3n) is 5.04. The molecule has 2 aromatic carbocycles. The molecule has 3 rings (SSSR count). The number of benzene rings is 2. The van der Waals surface area contributed by atoms with E-state index < -0.39 is 5.69 Å². The van der Waals surface area contributed by atoms with Gasteiger partial charge in [-0.05, 0) is 48.6 Å². The number of hydrogen-bond donors (Lipinski definition) is 1. The molecule has 0 fully saturated rings. The number of aryl methyl sites for hydroxylation is 1. The normalized spacial score (nSPS) is 11.2. The van der Waals surface area contributed by atoms with Gasteiger partial charge in [0.15, 0.2) is 0 Å². The Labute approximate surface area is 176 Å². The van der Waals surface area contributed by atoms with Crippen molar-refractivity contribution in [3.05, 3.63) is 74.9 Å². The third kappa shape index (κ3) is 4.87. The van der Waals surface area contributed by atoms with Crippen molar-refractivity contribution < 1.29 is 4.79 Å². The van der Waals surface area contributed by atoms with Crippen LogP contribution in [0.5, 0.6) is 0 Å². The second kappa shape index (κ2) is 9.57. The van der Waals surface area contributed by atoms with Crippen LogP contribution in [-0.4, -0.2) is 15.0 Å². The van der Waals surface area contributed by atoms with Gasteiger partial charge in [0.1, 0.15) is 6.54 Å². The largest absolute Gasteiger partial charge is 0.331 e. The van der Waals surface area contributed by atoms with Gasteiger partial charge < -0.3 is 5.32 Å². The van der Waals surface area contributed by atoms with Crippen molar-refractivity contribution in [1.82, 2.24) is 9.13 Å². The predicted molar refractivity (Wildman–Crippen MR) is 121 cm³/mol. The second-order valence-corrected chi connectivity index (χ2v) is 8.04. The molecule has 0 aliphatic rings. The maximum absolute atomic E-state index is 13.0. The maximum Gasteiger partial charge on any atom is 0.331 e. The Hall–Kier alpha value is -3.15. The van der Waals surface area contributed by atoms with E-state index in [9.17, 15) is 14.4 Å². The van der Waals surface area contributed by atoms with Gasteiger partial charge in [0, 0.05) is 12.2 Å². The van der Waals surface area contributed by atoms with E-state index in [1.807, 2.05) is 38.1 Å². The van der Waals surface area contributed by atoms with Gasteiger partial charge >= 0.3 is 5.69 Å². The van der Waals surface area contributed by atoms with Crippen LogP contribution < -0.4 is 16.6 Å². The number of hydrogen-bond acceptors (Lipinski definition) is 3. The summed E-state index contributed by atoms with van der Waals surface area (Å²) in [7, 11) is 0. The Balaban J connectivity index is 1.88. The molecule has 0 aliphatic carbocycles. The first-order valence-corrected chi connectivity index (χ1v) is 10.5. The number of aromatic nitrogens is 2. The average molecular weight is 408 g/mol. The Kier molecular flexibility index (Phi) is 6.87. The summed E-state index contributed by atoms with van der Waals surface area (Å²) in [5.74, 6) is -0.177. The molecule has 0 aliphatic heterocycles. The minimum atomic E-state index is -0.461. The van der Waals surface area contributed by atoms with Crippen molar-refractivity contribution in [2.24, 2.45) is 5.92 Å². The van der Waals surface area contributed by atoms with Crippen LogP contribution in [-0.2, 0) is 24.3 Å². The minimum absolute atomic E-state index is 0.130. The topological polar surface area (TPSA) is 73.1 Å². The predicted octanol–water partition coefficient (Wildman–Crippen LogP) is 3.80. The van der Waals surface area contributed by atoms with Crippen molar-refractivity contribution in [2.45, 2.75) is 53.1 Å². The standard InChI is InChI=1S/C24H29N3O3/c1-4-5-8-18-11-13-19(14-12-18)25-22(28)16-26-21-10-7-6-9-20(21)23(29)27(24(26)30)15-17(2)3/h6-7,9-14,17H,4-5,8,15-16H2,1-3H3,(H,25,28). The zero-order valence-corrected chi connectivity index (χ0v) is 17.9. The van der Waals surface area contributed by atoms with E-state index in [0.29, 0.717) is 23.1 Å². The molecule has 1 N–H and O–H groups in total. The molecule has 1 aromatic heterocycles. The number of carbonyl (C=O) groups excluding carboxylic acids is 1. The SMILES string of the molecule is CCCCc1ccc(NC(=O)Cn2c(=O)n(CC(C)C)c(=O)c3ccccc32)cc1. The molecule has 6 heteroatoms. The number of para-hydroxylation sites is 1. The van der Waals surface area contributed by atoms with Crippen molar-refractivity contribution in [1.29, 1.82) is 0 Å². The number of fused-ring (bicyclic) bond motifs is 1. The quantitative estimate of drug-likeness (QED) is 0.617. The van der Waals surface area contributed by atoms with Gasteiger partial charge in [0.2, 0.25) is 5.91 Å². The van der Waals surface area contributed by atoms with E-state index in [-0.39, 0.29) is 23.9 Å². The molecular formula is C24H29N3O3. The van der Waals surface area contributed by atoms with Crippen LogP contribution in [0.2, 0.25) is 0 Å². The summed E-state index contributed by atoms with van der Waals surface area (Å²) < 4.78 is 2.60. The van der Waals surface area contributed by atoms with Crippen LogP contribution >= 0.6 is 0 Å². The highest BCUT2D eigenvalue weighted by Crippen LogP contribution is 2.13. The van der Waals surface area contributed by atoms with E-state index >= 15 is 0 Å². The Bertz CT molecular complexity index is 1140. The van der Waals surface area contributed by atoms with Crippen LogP contribution in [0.3, 0.4) is 0 Å². The Morgan fingerprint density at radius 2 is 1.70 bits per heavy atom. The highest BCUT2D eigenvalue weighted by molar-refractivity contribution is 5.91. The van der Waals surface area contributed by atoms with Crippen molar-refractivity contribution in [3.8, 4) is 0 Å². The lowest BCUT2D eigenvalue weighted by Crippen LogP contribution is -2.42. The second-order valence-electron chi connectivity index (χ2n) is 8.04. The first-order chi connectivity index (χ1) is 14.4. The number of anilines is 1. The highest BCUT2D eigenvalue weighted by Gasteiger charge is 2.16. The van der Waals surface area contributed by atoms with E-state index in [1.54, 1.807) is 24.3 Å². The van der Waals surface area contributed by atoms with Crippen LogP contribution in [0.1, 0.15) is 39.2 Å². The Morgan fingerprint density at radius 1 is 1.00 bits per heavy atom. The van der Waals surface area contributed by atoms with E-state index in [4.69, 9.17) is 0 Å². The molecular weight excluding hydrogens is 378 g/mol. The monoisotopic (exact) mass is 407 g/mol. The summed E-state index contributed by atoms with van der Waals surface area (Å²) in [6.07, 6.45) is 3.29. The molecule has 1 heterocycles. The fourth-order valence-corrected chi connectivity index (χ4v) is 3.53. The smallest absolute Gasteiger partial charge is 0.325 e. The van der Waals surface area contributed by atoms with Gasteiger partial charge in [0.05, 0.1) is 10.9 Å². The van der Waals surface area contributed by atoms with Crippen molar-refractivity contribution in [2.75, 3.05) is 5.32 Å². The molecule has 6 nitrogen and oxygen atoms in total. The van der Waals surface area contributed by atoms with Gasteiger partial charge in [-0.2, -0.15) is 0 Å². The van der Waals surface area contributed by atoms with Gasteiger partial charge in [0.25, 0.3) is 5.56 Å². The van der Waals surface area contributed by atoms with E-state index in [1.165, 1.54) is 14.7 Å². The number of amides is 1. The summed E-state index contributed by atoms with van der Waals surface area (Å²) >= 11 is 0. The van der Waals surface area contributed by atoms with Gasteiger partial charge in [-0.15, -0.1) is 0 Å². The summed E-state index contributed by atoms with van der Waals surface area (Å²) in [5.41, 5.74) is 1.62. The summed E-state index contributed by atoms with van der Waals surface area (Å²) in [5, 5.41) is 3.29. The fraction of sp³-hybridized carbons (Fsp3) is 0.375. The van der Waals surface area contributed by atoms with E-state index in [0.717, 1.165) is 19.3 Å². The first-order valence-electron chi connectivity index (χ1n) is 10.5. The lowest BCUT2D eigenvalue weighted by molar-refractivity contribution is -0.116. The molecule has 0 saturated heterocycles. The fourth-order valence-electron chi connectivity index (χ4n) is 3.53. The lowest BCUT2D eigenvalue weighted by atomic mass is 10.1. The van der Waals surface area contributed by atoms with Crippen molar-refractivity contribution >= 4 is 22.5 Å². The minimum Gasteiger partial charge on any atom is -0.325 e. The number of rotatable bonds is 8. The molecule has 0 radical (unpaired) electrons. The number of nitrogens with zero attached hydrogens (tertiary/aromatic N) is 2. The molecule has 0 bridgehead atoms. The number of nitrogens with one attached hydrogen (secondary N) is 1. The summed E-state index contributed by atoms with van der Waals surface area (Å²) in [6.45, 7) is 6.20. The maximum atomic E-state index is 13.0. The third-order valence-corrected chi connectivity index (χ3v) is 5.04. The van der Waals surface area contributed by atoms with Crippen molar-refractivity contribution in [3.63, 3.8) is 0 Å². The summed E-state index contributed by atoms with van der Waals surface area (Å²) in [4.78, 5) is 38.5. The molecule has 0 unspecified atom stereocenters. The van der Waals surface area contributed by atoms with Crippen LogP contribution in [0.4, 0.5) is 5.69 Å². The zero-order valence-electron chi connectivity index (χ0n) is 17.9. The molecule has 1 amide bonds. The average Bonchev–Trinajstić information content (AvgIpc) is 2.73. The van der Waals surface area contributed by atoms with Gasteiger partial charge in [-0.25, -0.2) is 4.79 Å². The van der Waals surface area contributed by atoms with Gasteiger partial charge in [-0.3, -0.25) is 18.7 Å². The van der Waals surface area contributed by atoms with Gasteiger partial charge in [-0.1, -0.05) is 51.5 Å². The molecule has 0 atom stereocenters. The number of carbonyl (C=O) groups is 1. The number of unbranched alkanes of at least 4 members (excludes halogenated alkanes) is 1. The molecule has 158 valence electrons. The molecule has 0 spiro atoms. The zero-order chi connectivity index (χ0) is 21.7. The Morgan fingerprint density at radius 3 is 2.37 bits per heavy atom. The van der Waals surface area contributed by atoms with E-state index in [2.05, 4.69) is 12.2 Å². The molecule has 3 aromatic rings. The van der Waals surface area contributed by atoms with Crippen LogP contribution in [0, 0.1) is 5.92 Å². The summed E-state index contributed by atoms with van der Waals surface area (Å²) in [6, 6.07) is 14.7. The van der Waals surface area contributed by atoms with Crippen LogP contribution in [0.15, 0.2) is 58.1 Å². The highest BCUT2D eigenvalue weighted by atomic mass is 16.2. The van der Waals surface area contributed by atoms with Crippen LogP contribution in [0.25, 0.3) is 10.9 Å². The lowest BCUT2D eigenvalue weighted by Gasteiger charge is -2.15. The molecule has 0 saturated carbocycles. The first kappa shape index (κ1) is 21.6. The molecule has 30 heavy (non-hydrogen) atoms.